The zero-order valence-electron chi connectivity index (χ0n) is 13.6. The molecule has 7 heteroatoms. The predicted octanol–water partition coefficient (Wildman–Crippen LogP) is 0.927. The Hall–Kier alpha value is -3.14. The van der Waals surface area contributed by atoms with Crippen LogP contribution in [-0.4, -0.2) is 28.8 Å². The number of nitrogens with one attached hydrogen (secondary N) is 1. The number of para-hydroxylation sites is 1. The molecule has 1 aromatic heterocycles. The van der Waals surface area contributed by atoms with Gasteiger partial charge < -0.3 is 10.1 Å². The van der Waals surface area contributed by atoms with Crippen molar-refractivity contribution >= 4 is 5.91 Å². The van der Waals surface area contributed by atoms with Crippen LogP contribution in [-0.2, 0) is 11.3 Å². The summed E-state index contributed by atoms with van der Waals surface area (Å²) in [4.78, 5) is 24.0. The van der Waals surface area contributed by atoms with Gasteiger partial charge in [-0.25, -0.2) is 4.68 Å². The van der Waals surface area contributed by atoms with E-state index in [0.717, 1.165) is 10.4 Å². The highest BCUT2D eigenvalue weighted by Gasteiger charge is 2.13. The average Bonchev–Trinajstić information content (AvgIpc) is 2.58. The summed E-state index contributed by atoms with van der Waals surface area (Å²) in [6.07, 6.45) is 0. The Kier molecular flexibility index (Phi) is 5.68. The van der Waals surface area contributed by atoms with E-state index in [1.54, 1.807) is 13.8 Å². The molecule has 1 N–H and O–H groups in total. The van der Waals surface area contributed by atoms with Crippen molar-refractivity contribution in [2.24, 2.45) is 0 Å². The van der Waals surface area contributed by atoms with Crippen LogP contribution in [0.5, 0.6) is 5.75 Å². The van der Waals surface area contributed by atoms with Crippen LogP contribution >= 0.6 is 0 Å². The van der Waals surface area contributed by atoms with Gasteiger partial charge in [-0.2, -0.15) is 10.4 Å². The molecule has 124 valence electrons. The summed E-state index contributed by atoms with van der Waals surface area (Å²) < 4.78 is 6.47. The molecule has 0 bridgehead atoms. The Morgan fingerprint density at radius 1 is 1.33 bits per heavy atom. The van der Waals surface area contributed by atoms with Crippen molar-refractivity contribution in [3.8, 4) is 11.8 Å². The molecule has 24 heavy (non-hydrogen) atoms. The molecule has 0 fully saturated rings. The van der Waals surface area contributed by atoms with Crippen LogP contribution in [0.4, 0.5) is 0 Å². The van der Waals surface area contributed by atoms with Gasteiger partial charge in [0, 0.05) is 0 Å². The van der Waals surface area contributed by atoms with Gasteiger partial charge in [-0.1, -0.05) is 18.2 Å². The summed E-state index contributed by atoms with van der Waals surface area (Å²) in [5.74, 6) is 0.353. The second kappa shape index (κ2) is 7.92. The fourth-order valence-corrected chi connectivity index (χ4v) is 2.08. The number of hydrogen-bond acceptors (Lipinski definition) is 5. The standard InChI is InChI=1S/C17H18N4O3/c1-12-13(2)20-21(17(23)15(12)10-18)11-16(22)19-8-9-24-14-6-4-3-5-7-14/h3-7H,8-9,11H2,1-2H3,(H,19,22). The predicted molar refractivity (Wildman–Crippen MR) is 87.6 cm³/mol. The number of nitriles is 1. The Bertz CT molecular complexity index is 822. The molecule has 0 aliphatic carbocycles. The molecule has 0 saturated heterocycles. The highest BCUT2D eigenvalue weighted by molar-refractivity contribution is 5.75. The van der Waals surface area contributed by atoms with Crippen LogP contribution in [0, 0.1) is 25.2 Å². The lowest BCUT2D eigenvalue weighted by Gasteiger charge is -2.10. The average molecular weight is 326 g/mol. The largest absolute Gasteiger partial charge is 0.492 e. The third kappa shape index (κ3) is 4.20. The molecule has 7 nitrogen and oxygen atoms in total. The zero-order chi connectivity index (χ0) is 17.5. The van der Waals surface area contributed by atoms with Gasteiger partial charge in [0.2, 0.25) is 5.91 Å². The maximum Gasteiger partial charge on any atom is 0.285 e. The lowest BCUT2D eigenvalue weighted by Crippen LogP contribution is -2.37. The molecule has 0 unspecified atom stereocenters. The van der Waals surface area contributed by atoms with E-state index in [1.807, 2.05) is 36.4 Å². The van der Waals surface area contributed by atoms with Gasteiger partial charge in [0.1, 0.15) is 30.5 Å². The second-order valence-electron chi connectivity index (χ2n) is 5.17. The molecular formula is C17H18N4O3. The monoisotopic (exact) mass is 326 g/mol. The Balaban J connectivity index is 1.90. The topological polar surface area (TPSA) is 97.0 Å². The molecule has 1 heterocycles. The SMILES string of the molecule is Cc1nn(CC(=O)NCCOc2ccccc2)c(=O)c(C#N)c1C. The van der Waals surface area contributed by atoms with E-state index in [4.69, 9.17) is 10.00 Å². The van der Waals surface area contributed by atoms with Gasteiger partial charge in [-0.3, -0.25) is 9.59 Å². The van der Waals surface area contributed by atoms with Crippen molar-refractivity contribution in [2.75, 3.05) is 13.2 Å². The number of ether oxygens (including phenoxy) is 1. The summed E-state index contributed by atoms with van der Waals surface area (Å²) >= 11 is 0. The number of aryl methyl sites for hydroxylation is 1. The Morgan fingerprint density at radius 2 is 2.04 bits per heavy atom. The normalized spacial score (nSPS) is 10.0. The molecule has 0 atom stereocenters. The number of amides is 1. The van der Waals surface area contributed by atoms with E-state index in [2.05, 4.69) is 10.4 Å². The van der Waals surface area contributed by atoms with Crippen molar-refractivity contribution in [3.63, 3.8) is 0 Å². The maximum absolute atomic E-state index is 12.1. The maximum atomic E-state index is 12.1. The van der Waals surface area contributed by atoms with E-state index in [-0.39, 0.29) is 18.0 Å². The fourth-order valence-electron chi connectivity index (χ4n) is 2.08. The van der Waals surface area contributed by atoms with Crippen LogP contribution in [0.1, 0.15) is 16.8 Å². The van der Waals surface area contributed by atoms with Crippen LogP contribution in [0.25, 0.3) is 0 Å². The quantitative estimate of drug-likeness (QED) is 0.796. The molecule has 0 aliphatic rings. The summed E-state index contributed by atoms with van der Waals surface area (Å²) in [7, 11) is 0. The summed E-state index contributed by atoms with van der Waals surface area (Å²) in [6, 6.07) is 11.1. The Morgan fingerprint density at radius 3 is 2.71 bits per heavy atom. The van der Waals surface area contributed by atoms with Gasteiger partial charge in [-0.15, -0.1) is 0 Å². The van der Waals surface area contributed by atoms with Gasteiger partial charge in [-0.05, 0) is 31.5 Å². The number of carbonyl (C=O) groups is 1. The number of carbonyl (C=O) groups excluding carboxylic acids is 1. The lowest BCUT2D eigenvalue weighted by molar-refractivity contribution is -0.122. The second-order valence-corrected chi connectivity index (χ2v) is 5.17. The van der Waals surface area contributed by atoms with E-state index in [1.165, 1.54) is 0 Å². The molecule has 0 spiro atoms. The third-order valence-corrected chi connectivity index (χ3v) is 3.48. The van der Waals surface area contributed by atoms with Gasteiger partial charge >= 0.3 is 0 Å². The van der Waals surface area contributed by atoms with Crippen LogP contribution in [0.3, 0.4) is 0 Å². The van der Waals surface area contributed by atoms with E-state index in [0.29, 0.717) is 24.4 Å². The molecule has 0 radical (unpaired) electrons. The van der Waals surface area contributed by atoms with Crippen LogP contribution in [0.15, 0.2) is 35.1 Å². The first-order valence-corrected chi connectivity index (χ1v) is 7.46. The first-order chi connectivity index (χ1) is 11.5. The number of benzene rings is 1. The minimum atomic E-state index is -0.559. The van der Waals surface area contributed by atoms with Crippen molar-refractivity contribution in [1.29, 1.82) is 5.26 Å². The summed E-state index contributed by atoms with van der Waals surface area (Å²) in [5.41, 5.74) is 0.542. The van der Waals surface area contributed by atoms with Crippen molar-refractivity contribution in [1.82, 2.24) is 15.1 Å². The Labute approximate surface area is 139 Å². The molecular weight excluding hydrogens is 308 g/mol. The molecule has 2 rings (SSSR count). The highest BCUT2D eigenvalue weighted by atomic mass is 16.5. The highest BCUT2D eigenvalue weighted by Crippen LogP contribution is 2.07. The van der Waals surface area contributed by atoms with Gasteiger partial charge in [0.15, 0.2) is 0 Å². The van der Waals surface area contributed by atoms with E-state index >= 15 is 0 Å². The molecule has 1 aromatic carbocycles. The molecule has 1 amide bonds. The summed E-state index contributed by atoms with van der Waals surface area (Å²) in [6.45, 7) is 3.73. The smallest absolute Gasteiger partial charge is 0.285 e. The molecule has 2 aromatic rings. The van der Waals surface area contributed by atoms with Crippen molar-refractivity contribution in [2.45, 2.75) is 20.4 Å². The number of rotatable bonds is 6. The van der Waals surface area contributed by atoms with Gasteiger partial charge in [0.05, 0.1) is 12.2 Å². The zero-order valence-corrected chi connectivity index (χ0v) is 13.6. The van der Waals surface area contributed by atoms with E-state index < -0.39 is 5.56 Å². The fraction of sp³-hybridized carbons (Fsp3) is 0.294. The number of hydrogen-bond donors (Lipinski definition) is 1. The van der Waals surface area contributed by atoms with Gasteiger partial charge in [0.25, 0.3) is 5.56 Å². The molecule has 0 aliphatic heterocycles. The lowest BCUT2D eigenvalue weighted by atomic mass is 10.1. The van der Waals surface area contributed by atoms with Crippen molar-refractivity contribution < 1.29 is 9.53 Å². The van der Waals surface area contributed by atoms with Crippen LogP contribution in [0.2, 0.25) is 0 Å². The van der Waals surface area contributed by atoms with E-state index in [9.17, 15) is 9.59 Å². The first-order valence-electron chi connectivity index (χ1n) is 7.46. The summed E-state index contributed by atoms with van der Waals surface area (Å²) in [5, 5.41) is 15.8. The van der Waals surface area contributed by atoms with Crippen LogP contribution < -0.4 is 15.6 Å². The minimum Gasteiger partial charge on any atom is -0.492 e. The molecule has 0 saturated carbocycles. The first kappa shape index (κ1) is 17.2. The third-order valence-electron chi connectivity index (χ3n) is 3.48. The minimum absolute atomic E-state index is 0.0164. The number of nitrogens with zero attached hydrogens (tertiary/aromatic N) is 3. The number of aromatic nitrogens is 2. The van der Waals surface area contributed by atoms with Crippen molar-refractivity contribution in [3.05, 3.63) is 57.5 Å².